The Morgan fingerprint density at radius 3 is 1.85 bits per heavy atom. The Bertz CT molecular complexity index is 962. The zero-order chi connectivity index (χ0) is 19.1. The van der Waals surface area contributed by atoms with Crippen LogP contribution in [-0.4, -0.2) is 6.79 Å². The van der Waals surface area contributed by atoms with E-state index in [1.54, 1.807) is 0 Å². The molecule has 1 aliphatic heterocycles. The van der Waals surface area contributed by atoms with Crippen LogP contribution in [0.2, 0.25) is 0 Å². The Labute approximate surface area is 160 Å². The molecule has 138 valence electrons. The zero-order valence-corrected chi connectivity index (χ0v) is 16.7. The van der Waals surface area contributed by atoms with Gasteiger partial charge in [0.2, 0.25) is 6.79 Å². The average molecular weight is 378 g/mol. The summed E-state index contributed by atoms with van der Waals surface area (Å²) in [5, 5.41) is 2.40. The number of hydrogen-bond acceptors (Lipinski definition) is 3. The van der Waals surface area contributed by atoms with Gasteiger partial charge in [0.1, 0.15) is 0 Å². The summed E-state index contributed by atoms with van der Waals surface area (Å²) in [6, 6.07) is 23.3. The summed E-state index contributed by atoms with van der Waals surface area (Å²) in [6.07, 6.45) is 0. The SMILES string of the molecule is CC(C)(C)c1cc(P(=O)(c2ccccc2)c2ccccc2)cc2c1OCO2. The smallest absolute Gasteiger partial charge is 0.231 e. The molecule has 0 amide bonds. The van der Waals surface area contributed by atoms with Crippen LogP contribution in [0.5, 0.6) is 11.5 Å². The van der Waals surface area contributed by atoms with E-state index in [9.17, 15) is 4.57 Å². The van der Waals surface area contributed by atoms with E-state index in [2.05, 4.69) is 20.8 Å². The minimum atomic E-state index is -3.04. The van der Waals surface area contributed by atoms with E-state index in [-0.39, 0.29) is 12.2 Å². The van der Waals surface area contributed by atoms with Crippen molar-refractivity contribution in [3.05, 3.63) is 78.4 Å². The Morgan fingerprint density at radius 2 is 1.33 bits per heavy atom. The molecule has 4 heteroatoms. The second-order valence-electron chi connectivity index (χ2n) is 7.76. The van der Waals surface area contributed by atoms with Gasteiger partial charge in [-0.3, -0.25) is 0 Å². The molecule has 0 unspecified atom stereocenters. The minimum Gasteiger partial charge on any atom is -0.454 e. The third-order valence-electron chi connectivity index (χ3n) is 4.87. The summed E-state index contributed by atoms with van der Waals surface area (Å²) in [4.78, 5) is 0. The number of rotatable bonds is 3. The zero-order valence-electron chi connectivity index (χ0n) is 15.8. The van der Waals surface area contributed by atoms with Crippen LogP contribution in [0.1, 0.15) is 26.3 Å². The molecule has 0 saturated heterocycles. The highest BCUT2D eigenvalue weighted by molar-refractivity contribution is 7.85. The summed E-state index contributed by atoms with van der Waals surface area (Å²) in [5.41, 5.74) is 0.853. The van der Waals surface area contributed by atoms with E-state index in [4.69, 9.17) is 9.47 Å². The molecule has 3 nitrogen and oxygen atoms in total. The largest absolute Gasteiger partial charge is 0.454 e. The minimum absolute atomic E-state index is 0.161. The second kappa shape index (κ2) is 6.58. The van der Waals surface area contributed by atoms with Crippen LogP contribution in [0.15, 0.2) is 72.8 Å². The van der Waals surface area contributed by atoms with Gasteiger partial charge in [-0.05, 0) is 17.5 Å². The highest BCUT2D eigenvalue weighted by atomic mass is 31.2. The van der Waals surface area contributed by atoms with Gasteiger partial charge in [0.15, 0.2) is 18.6 Å². The van der Waals surface area contributed by atoms with Crippen molar-refractivity contribution >= 4 is 23.1 Å². The van der Waals surface area contributed by atoms with Gasteiger partial charge in [0.05, 0.1) is 0 Å². The molecule has 1 heterocycles. The van der Waals surface area contributed by atoms with Crippen LogP contribution in [-0.2, 0) is 9.98 Å². The maximum atomic E-state index is 14.6. The van der Waals surface area contributed by atoms with Crippen LogP contribution in [0.3, 0.4) is 0 Å². The molecule has 0 saturated carbocycles. The van der Waals surface area contributed by atoms with Crippen molar-refractivity contribution in [2.75, 3.05) is 6.79 Å². The molecule has 0 radical (unpaired) electrons. The lowest BCUT2D eigenvalue weighted by Crippen LogP contribution is -2.26. The third-order valence-corrected chi connectivity index (χ3v) is 7.90. The molecule has 0 N–H and O–H groups in total. The van der Waals surface area contributed by atoms with E-state index in [0.29, 0.717) is 5.75 Å². The fourth-order valence-corrected chi connectivity index (χ4v) is 6.15. The molecule has 27 heavy (non-hydrogen) atoms. The van der Waals surface area contributed by atoms with Crippen LogP contribution < -0.4 is 25.4 Å². The molecule has 0 bridgehead atoms. The summed E-state index contributed by atoms with van der Waals surface area (Å²) < 4.78 is 26.0. The molecule has 0 fully saturated rings. The highest BCUT2D eigenvalue weighted by Crippen LogP contribution is 2.48. The van der Waals surface area contributed by atoms with Gasteiger partial charge in [-0.15, -0.1) is 0 Å². The molecule has 3 aromatic carbocycles. The Balaban J connectivity index is 2.02. The highest BCUT2D eigenvalue weighted by Gasteiger charge is 2.34. The van der Waals surface area contributed by atoms with E-state index in [0.717, 1.165) is 27.2 Å². The fourth-order valence-electron chi connectivity index (χ4n) is 3.46. The predicted molar refractivity (Wildman–Crippen MR) is 111 cm³/mol. The van der Waals surface area contributed by atoms with Gasteiger partial charge in [-0.2, -0.15) is 0 Å². The Hall–Kier alpha value is -2.51. The van der Waals surface area contributed by atoms with E-state index >= 15 is 0 Å². The fraction of sp³-hybridized carbons (Fsp3) is 0.217. The molecule has 1 aliphatic rings. The van der Waals surface area contributed by atoms with E-state index in [1.165, 1.54) is 0 Å². The normalized spacial score (nSPS) is 13.6. The first-order valence-electron chi connectivity index (χ1n) is 9.07. The van der Waals surface area contributed by atoms with Crippen molar-refractivity contribution in [3.8, 4) is 11.5 Å². The topological polar surface area (TPSA) is 35.5 Å². The van der Waals surface area contributed by atoms with Crippen molar-refractivity contribution in [2.45, 2.75) is 26.2 Å². The number of ether oxygens (including phenoxy) is 2. The van der Waals surface area contributed by atoms with Crippen molar-refractivity contribution in [1.29, 1.82) is 0 Å². The first-order valence-corrected chi connectivity index (χ1v) is 10.8. The Kier molecular flexibility index (Phi) is 4.36. The van der Waals surface area contributed by atoms with Gasteiger partial charge in [0.25, 0.3) is 0 Å². The second-order valence-corrected chi connectivity index (χ2v) is 10.5. The summed E-state index contributed by atoms with van der Waals surface area (Å²) >= 11 is 0. The van der Waals surface area contributed by atoms with Crippen molar-refractivity contribution in [1.82, 2.24) is 0 Å². The summed E-state index contributed by atoms with van der Waals surface area (Å²) in [7, 11) is -3.04. The third kappa shape index (κ3) is 3.07. The maximum absolute atomic E-state index is 14.6. The van der Waals surface area contributed by atoms with Gasteiger partial charge in [-0.1, -0.05) is 81.4 Å². The summed E-state index contributed by atoms with van der Waals surface area (Å²) in [6.45, 7) is 6.58. The molecular weight excluding hydrogens is 355 g/mol. The monoisotopic (exact) mass is 378 g/mol. The van der Waals surface area contributed by atoms with Gasteiger partial charge in [-0.25, -0.2) is 0 Å². The predicted octanol–water partition coefficient (Wildman–Crippen LogP) is 4.35. The van der Waals surface area contributed by atoms with Crippen LogP contribution in [0, 0.1) is 0 Å². The van der Waals surface area contributed by atoms with E-state index < -0.39 is 7.14 Å². The Morgan fingerprint density at radius 1 is 0.778 bits per heavy atom. The number of fused-ring (bicyclic) bond motifs is 1. The molecule has 3 aromatic rings. The first kappa shape index (κ1) is 17.9. The van der Waals surface area contributed by atoms with Crippen LogP contribution in [0.25, 0.3) is 0 Å². The quantitative estimate of drug-likeness (QED) is 0.636. The van der Waals surface area contributed by atoms with Gasteiger partial charge < -0.3 is 14.0 Å². The number of benzene rings is 3. The lowest BCUT2D eigenvalue weighted by molar-refractivity contribution is 0.172. The van der Waals surface area contributed by atoms with Crippen LogP contribution >= 0.6 is 7.14 Å². The lowest BCUT2D eigenvalue weighted by atomic mass is 9.86. The summed E-state index contributed by atoms with van der Waals surface area (Å²) in [5.74, 6) is 1.43. The van der Waals surface area contributed by atoms with Crippen molar-refractivity contribution < 1.29 is 14.0 Å². The van der Waals surface area contributed by atoms with Crippen molar-refractivity contribution in [3.63, 3.8) is 0 Å². The number of hydrogen-bond donors (Lipinski definition) is 0. The molecule has 0 spiro atoms. The van der Waals surface area contributed by atoms with Gasteiger partial charge >= 0.3 is 0 Å². The average Bonchev–Trinajstić information content (AvgIpc) is 3.15. The first-order chi connectivity index (χ1) is 12.9. The van der Waals surface area contributed by atoms with Crippen molar-refractivity contribution in [2.24, 2.45) is 0 Å². The van der Waals surface area contributed by atoms with Gasteiger partial charge in [0, 0.05) is 21.5 Å². The molecule has 0 aliphatic carbocycles. The molecule has 0 atom stereocenters. The molecular formula is C23H23O3P. The standard InChI is InChI=1S/C23H23O3P/c1-23(2,3)20-14-19(15-21-22(20)26-16-25-21)27(24,17-10-6-4-7-11-17)18-12-8-5-9-13-18/h4-15H,16H2,1-3H3. The maximum Gasteiger partial charge on any atom is 0.231 e. The molecule has 0 aromatic heterocycles. The van der Waals surface area contributed by atoms with E-state index in [1.807, 2.05) is 72.8 Å². The van der Waals surface area contributed by atoms with Crippen LogP contribution in [0.4, 0.5) is 0 Å². The molecule has 4 rings (SSSR count). The lowest BCUT2D eigenvalue weighted by Gasteiger charge is -2.25.